The molecule has 14 heteroatoms. The van der Waals surface area contributed by atoms with E-state index in [0.29, 0.717) is 22.6 Å². The highest BCUT2D eigenvalue weighted by molar-refractivity contribution is 6.56. The number of carbonyl (C=O) groups is 2. The zero-order chi connectivity index (χ0) is 42.4. The molecule has 6 atom stereocenters. The average Bonchev–Trinajstić information content (AvgIpc) is 3.95. The van der Waals surface area contributed by atoms with Crippen LogP contribution < -0.4 is 9.47 Å². The number of nitrogens with zero attached hydrogens (tertiary/aromatic N) is 2. The van der Waals surface area contributed by atoms with Crippen molar-refractivity contribution < 1.29 is 37.3 Å². The Labute approximate surface area is 355 Å². The summed E-state index contributed by atoms with van der Waals surface area (Å²) in [6, 6.07) is 29.1. The van der Waals surface area contributed by atoms with E-state index in [1.54, 1.807) is 60.7 Å². The third-order valence-electron chi connectivity index (χ3n) is 10.1. The number of ether oxygens (including phenoxy) is 4. The van der Waals surface area contributed by atoms with Crippen LogP contribution >= 0.6 is 46.4 Å². The van der Waals surface area contributed by atoms with Crippen molar-refractivity contribution >= 4 is 58.3 Å². The van der Waals surface area contributed by atoms with Crippen LogP contribution in [0.3, 0.4) is 0 Å². The van der Waals surface area contributed by atoms with Crippen LogP contribution in [0.15, 0.2) is 118 Å². The highest BCUT2D eigenvalue weighted by atomic mass is 35.5. The van der Waals surface area contributed by atoms with Crippen molar-refractivity contribution in [3.63, 3.8) is 0 Å². The maximum atomic E-state index is 14.2. The number of carbonyl (C=O) groups excluding carboxylic acids is 2. The summed E-state index contributed by atoms with van der Waals surface area (Å²) in [5.41, 5.74) is -0.129. The topological polar surface area (TPSA) is 119 Å². The smallest absolute Gasteiger partial charge is 0.311 e. The van der Waals surface area contributed by atoms with Gasteiger partial charge in [-0.15, -0.1) is 0 Å². The van der Waals surface area contributed by atoms with Gasteiger partial charge in [0.05, 0.1) is 11.8 Å². The molecule has 0 saturated heterocycles. The second-order valence-electron chi connectivity index (χ2n) is 14.7. The standard InChI is InChI=1S/2C22H18Cl2FNO3/c2*1-22(2)15(11-19(23)24)20(22)21(27)29-18(12-26)13-8-9-16(25)17(10-13)28-14-6-4-3-5-7-14/h2*3-11,15,18,20H,1-2H3/t2*15-,18+,20-/m10/s1. The van der Waals surface area contributed by atoms with Crippen molar-refractivity contribution in [2.24, 2.45) is 34.5 Å². The first kappa shape index (κ1) is 44.0. The maximum absolute atomic E-state index is 14.2. The molecule has 0 amide bonds. The van der Waals surface area contributed by atoms with Crippen LogP contribution in [0, 0.1) is 68.8 Å². The molecule has 0 N–H and O–H groups in total. The van der Waals surface area contributed by atoms with Crippen molar-refractivity contribution in [2.75, 3.05) is 0 Å². The predicted molar refractivity (Wildman–Crippen MR) is 216 cm³/mol. The van der Waals surface area contributed by atoms with Crippen LogP contribution in [0.5, 0.6) is 23.0 Å². The third kappa shape index (κ3) is 10.7. The predicted octanol–water partition coefficient (Wildman–Crippen LogP) is 12.6. The molecule has 4 aromatic rings. The second kappa shape index (κ2) is 18.7. The fourth-order valence-electron chi connectivity index (χ4n) is 6.62. The van der Waals surface area contributed by atoms with Gasteiger partial charge in [-0.25, -0.2) is 8.78 Å². The molecule has 0 bridgehead atoms. The fraction of sp³-hybridized carbons (Fsp3) is 0.273. The Kier molecular flexibility index (Phi) is 14.2. The number of para-hydroxylation sites is 2. The quantitative estimate of drug-likeness (QED) is 0.129. The highest BCUT2D eigenvalue weighted by Gasteiger charge is 2.62. The van der Waals surface area contributed by atoms with E-state index in [1.807, 2.05) is 52.0 Å². The Morgan fingerprint density at radius 2 is 0.966 bits per heavy atom. The van der Waals surface area contributed by atoms with E-state index in [0.717, 1.165) is 0 Å². The third-order valence-corrected chi connectivity index (χ3v) is 10.6. The Bertz CT molecular complexity index is 2120. The summed E-state index contributed by atoms with van der Waals surface area (Å²) in [5, 5.41) is 19.0. The summed E-state index contributed by atoms with van der Waals surface area (Å²) >= 11 is 22.8. The number of rotatable bonds is 12. The number of hydrogen-bond acceptors (Lipinski definition) is 8. The van der Waals surface area contributed by atoms with Gasteiger partial charge in [0.25, 0.3) is 0 Å². The lowest BCUT2D eigenvalue weighted by Gasteiger charge is -2.14. The number of hydrogen-bond donors (Lipinski definition) is 0. The minimum Gasteiger partial charge on any atom is -0.454 e. The van der Waals surface area contributed by atoms with Crippen LogP contribution in [-0.2, 0) is 19.1 Å². The number of esters is 2. The minimum atomic E-state index is -1.20. The Morgan fingerprint density at radius 1 is 0.621 bits per heavy atom. The SMILES string of the molecule is CC1(C)[C@H](C(=O)O[C@H](C#N)c2ccc(F)c(Oc3ccccc3)c2)[C@@H]1C=C(Cl)Cl.CC1(C)[C@H](C=C(Cl)Cl)[C@@H]1C(=O)O[C@@H](C#N)c1ccc(F)c(Oc2ccccc2)c1. The molecule has 0 aromatic heterocycles. The molecule has 300 valence electrons. The van der Waals surface area contributed by atoms with Gasteiger partial charge >= 0.3 is 11.9 Å². The van der Waals surface area contributed by atoms with Crippen molar-refractivity contribution in [2.45, 2.75) is 39.9 Å². The van der Waals surface area contributed by atoms with E-state index in [2.05, 4.69) is 0 Å². The molecule has 0 radical (unpaired) electrons. The van der Waals surface area contributed by atoms with Gasteiger partial charge in [0.2, 0.25) is 12.2 Å². The molecule has 6 rings (SSSR count). The molecule has 0 heterocycles. The van der Waals surface area contributed by atoms with E-state index >= 15 is 0 Å². The lowest BCUT2D eigenvalue weighted by atomic mass is 10.1. The maximum Gasteiger partial charge on any atom is 0.311 e. The van der Waals surface area contributed by atoms with E-state index in [-0.39, 0.29) is 43.1 Å². The number of allylic oxidation sites excluding steroid dienone is 2. The zero-order valence-electron chi connectivity index (χ0n) is 31.5. The normalized spacial score (nSPS) is 20.1. The molecule has 2 saturated carbocycles. The monoisotopic (exact) mass is 866 g/mol. The second-order valence-corrected chi connectivity index (χ2v) is 16.7. The van der Waals surface area contributed by atoms with Crippen molar-refractivity contribution in [1.29, 1.82) is 10.5 Å². The zero-order valence-corrected chi connectivity index (χ0v) is 34.5. The van der Waals surface area contributed by atoms with Crippen molar-refractivity contribution in [3.05, 3.63) is 141 Å². The van der Waals surface area contributed by atoms with Crippen molar-refractivity contribution in [1.82, 2.24) is 0 Å². The molecular formula is C44H36Cl4F2N2O6. The van der Waals surface area contributed by atoms with E-state index < -0.39 is 47.6 Å². The molecule has 2 fully saturated rings. The summed E-state index contributed by atoms with van der Waals surface area (Å²) in [6.45, 7) is 7.56. The van der Waals surface area contributed by atoms with E-state index in [9.17, 15) is 28.9 Å². The van der Waals surface area contributed by atoms with Crippen LogP contribution in [0.25, 0.3) is 0 Å². The van der Waals surface area contributed by atoms with Gasteiger partial charge in [0.1, 0.15) is 32.6 Å². The van der Waals surface area contributed by atoms with E-state index in [4.69, 9.17) is 65.4 Å². The Balaban J connectivity index is 0.000000221. The summed E-state index contributed by atoms with van der Waals surface area (Å²) < 4.78 is 50.4. The first-order valence-corrected chi connectivity index (χ1v) is 19.3. The van der Waals surface area contributed by atoms with Gasteiger partial charge in [0.15, 0.2) is 23.1 Å². The van der Waals surface area contributed by atoms with Crippen LogP contribution in [-0.4, -0.2) is 11.9 Å². The molecule has 2 aliphatic rings. The molecule has 58 heavy (non-hydrogen) atoms. The van der Waals surface area contributed by atoms with Crippen molar-refractivity contribution in [3.8, 4) is 35.1 Å². The van der Waals surface area contributed by atoms with Gasteiger partial charge in [-0.2, -0.15) is 10.5 Å². The molecular weight excluding hydrogens is 832 g/mol. The Hall–Kier alpha value is -5.10. The molecule has 8 nitrogen and oxygen atoms in total. The highest BCUT2D eigenvalue weighted by Crippen LogP contribution is 2.61. The minimum absolute atomic E-state index is 0.0634. The Morgan fingerprint density at radius 3 is 1.28 bits per heavy atom. The summed E-state index contributed by atoms with van der Waals surface area (Å²) in [5.74, 6) is -2.77. The van der Waals surface area contributed by atoms with Crippen LogP contribution in [0.2, 0.25) is 0 Å². The van der Waals surface area contributed by atoms with Gasteiger partial charge < -0.3 is 18.9 Å². The summed E-state index contributed by atoms with van der Waals surface area (Å²) in [6.07, 6.45) is 0.794. The molecule has 2 aliphatic carbocycles. The average molecular weight is 869 g/mol. The lowest BCUT2D eigenvalue weighted by Crippen LogP contribution is -2.14. The van der Waals surface area contributed by atoms with Gasteiger partial charge in [-0.1, -0.05) is 123 Å². The number of nitriles is 2. The summed E-state index contributed by atoms with van der Waals surface area (Å²) in [7, 11) is 0. The largest absolute Gasteiger partial charge is 0.454 e. The first-order chi connectivity index (χ1) is 27.5. The van der Waals surface area contributed by atoms with Crippen LogP contribution in [0.4, 0.5) is 8.78 Å². The number of benzene rings is 4. The van der Waals surface area contributed by atoms with Gasteiger partial charge in [-0.3, -0.25) is 9.59 Å². The van der Waals surface area contributed by atoms with Gasteiger partial charge in [0, 0.05) is 11.1 Å². The summed E-state index contributed by atoms with van der Waals surface area (Å²) in [4.78, 5) is 25.2. The lowest BCUT2D eigenvalue weighted by molar-refractivity contribution is -0.150. The van der Waals surface area contributed by atoms with Gasteiger partial charge in [-0.05, 0) is 83.3 Å². The molecule has 0 aliphatic heterocycles. The van der Waals surface area contributed by atoms with E-state index in [1.165, 1.54) is 36.4 Å². The first-order valence-electron chi connectivity index (χ1n) is 17.8. The molecule has 0 unspecified atom stereocenters. The molecule has 4 aromatic carbocycles. The van der Waals surface area contributed by atoms with Crippen LogP contribution in [0.1, 0.15) is 51.0 Å². The molecule has 0 spiro atoms. The number of halogens is 6. The fourth-order valence-corrected chi connectivity index (χ4v) is 7.16.